The van der Waals surface area contributed by atoms with Crippen LogP contribution in [0.25, 0.3) is 0 Å². The van der Waals surface area contributed by atoms with Gasteiger partial charge >= 0.3 is 12.6 Å². The summed E-state index contributed by atoms with van der Waals surface area (Å²) in [6.45, 7) is 7.19. The van der Waals surface area contributed by atoms with Crippen molar-refractivity contribution in [3.63, 3.8) is 0 Å². The van der Waals surface area contributed by atoms with E-state index in [1.165, 1.54) is 82.6 Å². The Kier molecular flexibility index (Phi) is 15.7. The van der Waals surface area contributed by atoms with Gasteiger partial charge in [0.05, 0.1) is 12.3 Å². The molecular formula is C26H43NO3. The molecule has 30 heavy (non-hydrogen) atoms. The highest BCUT2D eigenvalue weighted by atomic mass is 16.7. The Morgan fingerprint density at radius 3 is 1.87 bits per heavy atom. The van der Waals surface area contributed by atoms with Crippen LogP contribution in [0.5, 0.6) is 0 Å². The van der Waals surface area contributed by atoms with Gasteiger partial charge in [0.15, 0.2) is 0 Å². The number of carbonyl (C=O) groups excluding carboxylic acids is 1. The van der Waals surface area contributed by atoms with E-state index in [2.05, 4.69) is 11.9 Å². The Morgan fingerprint density at radius 2 is 1.37 bits per heavy atom. The van der Waals surface area contributed by atoms with Crippen LogP contribution in [-0.2, 0) is 14.3 Å². The van der Waals surface area contributed by atoms with Crippen LogP contribution in [-0.4, -0.2) is 19.2 Å². The van der Waals surface area contributed by atoms with Gasteiger partial charge in [-0.1, -0.05) is 108 Å². The Hall–Kier alpha value is -1.84. The Balaban J connectivity index is 2.05. The number of ether oxygens (including phenoxy) is 2. The smallest absolute Gasteiger partial charge is 0.396 e. The molecule has 0 bridgehead atoms. The summed E-state index contributed by atoms with van der Waals surface area (Å²) in [7, 11) is 0. The quantitative estimate of drug-likeness (QED) is 0.112. The van der Waals surface area contributed by atoms with Gasteiger partial charge in [0.2, 0.25) is 0 Å². The Labute approximate surface area is 184 Å². The third-order valence-electron chi connectivity index (χ3n) is 5.44. The fraction of sp³-hybridized carbons (Fsp3) is 0.692. The lowest BCUT2D eigenvalue weighted by atomic mass is 10.0. The highest BCUT2D eigenvalue weighted by Gasteiger charge is 2.05. The summed E-state index contributed by atoms with van der Waals surface area (Å²) >= 11 is 0. The molecule has 0 saturated heterocycles. The van der Waals surface area contributed by atoms with Gasteiger partial charge in [-0.3, -0.25) is 4.79 Å². The molecule has 4 nitrogen and oxygen atoms in total. The van der Waals surface area contributed by atoms with Crippen LogP contribution >= 0.6 is 0 Å². The molecule has 0 fully saturated rings. The highest BCUT2D eigenvalue weighted by molar-refractivity contribution is 5.77. The van der Waals surface area contributed by atoms with E-state index in [0.717, 1.165) is 24.1 Å². The van der Waals surface area contributed by atoms with Gasteiger partial charge in [-0.05, 0) is 31.9 Å². The first-order chi connectivity index (χ1) is 14.7. The van der Waals surface area contributed by atoms with Crippen molar-refractivity contribution in [1.82, 2.24) is 0 Å². The molecule has 1 aromatic carbocycles. The summed E-state index contributed by atoms with van der Waals surface area (Å²) in [6, 6.07) is 5.94. The van der Waals surface area contributed by atoms with Crippen LogP contribution in [0.4, 0.5) is 5.69 Å². The van der Waals surface area contributed by atoms with Crippen LogP contribution in [0.2, 0.25) is 0 Å². The number of unbranched alkanes of at least 4 members (excludes halogenated alkanes) is 13. The third-order valence-corrected chi connectivity index (χ3v) is 5.44. The lowest BCUT2D eigenvalue weighted by Gasteiger charge is -2.08. The molecular weight excluding hydrogens is 374 g/mol. The molecule has 4 heteroatoms. The van der Waals surface area contributed by atoms with E-state index in [9.17, 15) is 4.79 Å². The monoisotopic (exact) mass is 417 g/mol. The second kappa shape index (κ2) is 18.0. The molecule has 0 aliphatic rings. The summed E-state index contributed by atoms with van der Waals surface area (Å²) in [4.78, 5) is 15.1. The lowest BCUT2D eigenvalue weighted by Crippen LogP contribution is -2.10. The van der Waals surface area contributed by atoms with Crippen molar-refractivity contribution in [2.75, 3.05) is 6.61 Å². The summed E-state index contributed by atoms with van der Waals surface area (Å²) < 4.78 is 10.5. The van der Waals surface area contributed by atoms with Crippen LogP contribution in [0.1, 0.15) is 108 Å². The van der Waals surface area contributed by atoms with Gasteiger partial charge < -0.3 is 9.47 Å². The molecule has 0 aromatic heterocycles. The van der Waals surface area contributed by atoms with Crippen molar-refractivity contribution >= 4 is 18.2 Å². The summed E-state index contributed by atoms with van der Waals surface area (Å²) in [6.07, 6.45) is 18.5. The summed E-state index contributed by atoms with van der Waals surface area (Å²) in [5.74, 6) is 0. The van der Waals surface area contributed by atoms with E-state index in [4.69, 9.17) is 9.47 Å². The van der Waals surface area contributed by atoms with E-state index >= 15 is 0 Å². The normalized spacial score (nSPS) is 11.5. The van der Waals surface area contributed by atoms with E-state index in [1.54, 1.807) is 0 Å². The largest absolute Gasteiger partial charge is 0.450 e. The molecule has 0 N–H and O–H groups in total. The van der Waals surface area contributed by atoms with Gasteiger partial charge in [0, 0.05) is 0 Å². The van der Waals surface area contributed by atoms with E-state index in [0.29, 0.717) is 13.1 Å². The SMILES string of the molecule is CCCCCCCCCCCCCCCCO/C(=N/c1ccc(C)cc1C)OC=O. The average Bonchev–Trinajstić information content (AvgIpc) is 2.73. The predicted molar refractivity (Wildman–Crippen MR) is 126 cm³/mol. The number of hydrogen-bond donors (Lipinski definition) is 0. The maximum Gasteiger partial charge on any atom is 0.396 e. The zero-order valence-corrected chi connectivity index (χ0v) is 19.6. The van der Waals surface area contributed by atoms with Crippen LogP contribution in [0, 0.1) is 13.8 Å². The number of rotatable bonds is 17. The minimum atomic E-state index is 0.0339. The lowest BCUT2D eigenvalue weighted by molar-refractivity contribution is -0.123. The molecule has 0 unspecified atom stereocenters. The van der Waals surface area contributed by atoms with Crippen molar-refractivity contribution < 1.29 is 14.3 Å². The number of aryl methyl sites for hydroxylation is 2. The molecule has 0 saturated carbocycles. The predicted octanol–water partition coefficient (Wildman–Crippen LogP) is 7.96. The second-order valence-corrected chi connectivity index (χ2v) is 8.33. The topological polar surface area (TPSA) is 47.9 Å². The maximum atomic E-state index is 10.7. The van der Waals surface area contributed by atoms with Crippen LogP contribution in [0.15, 0.2) is 23.2 Å². The molecule has 0 aliphatic heterocycles. The number of carbonyl (C=O) groups is 1. The van der Waals surface area contributed by atoms with E-state index in [1.807, 2.05) is 32.0 Å². The maximum absolute atomic E-state index is 10.7. The van der Waals surface area contributed by atoms with Gasteiger partial charge in [0.1, 0.15) is 0 Å². The molecule has 1 aromatic rings. The second-order valence-electron chi connectivity index (χ2n) is 8.33. The Bertz CT molecular complexity index is 598. The van der Waals surface area contributed by atoms with Crippen LogP contribution < -0.4 is 0 Å². The van der Waals surface area contributed by atoms with Crippen molar-refractivity contribution in [1.29, 1.82) is 0 Å². The molecule has 0 aliphatic carbocycles. The van der Waals surface area contributed by atoms with Gasteiger partial charge in [-0.25, -0.2) is 0 Å². The minimum Gasteiger partial charge on any atom is -0.450 e. The van der Waals surface area contributed by atoms with E-state index < -0.39 is 0 Å². The standard InChI is InChI=1S/C26H43NO3/c1-4-5-6-7-8-9-10-11-12-13-14-15-16-17-20-29-26(30-22-28)27-25-19-18-23(2)21-24(25)3/h18-19,21-22H,4-17,20H2,1-3H3/b27-26-. The molecule has 0 radical (unpaired) electrons. The van der Waals surface area contributed by atoms with E-state index in [-0.39, 0.29) is 6.08 Å². The molecule has 0 spiro atoms. The Morgan fingerprint density at radius 1 is 0.833 bits per heavy atom. The molecule has 0 heterocycles. The zero-order valence-electron chi connectivity index (χ0n) is 19.6. The number of nitrogens with zero attached hydrogens (tertiary/aromatic N) is 1. The van der Waals surface area contributed by atoms with Crippen LogP contribution in [0.3, 0.4) is 0 Å². The molecule has 1 rings (SSSR count). The van der Waals surface area contributed by atoms with Gasteiger partial charge in [0.25, 0.3) is 0 Å². The summed E-state index contributed by atoms with van der Waals surface area (Å²) in [5.41, 5.74) is 2.97. The molecule has 0 amide bonds. The van der Waals surface area contributed by atoms with Crippen molar-refractivity contribution in [2.45, 2.75) is 111 Å². The number of hydrogen-bond acceptors (Lipinski definition) is 4. The first-order valence-corrected chi connectivity index (χ1v) is 12.1. The molecule has 170 valence electrons. The third kappa shape index (κ3) is 13.4. The minimum absolute atomic E-state index is 0.0339. The fourth-order valence-electron chi connectivity index (χ4n) is 3.62. The number of benzene rings is 1. The van der Waals surface area contributed by atoms with Crippen molar-refractivity contribution in [3.05, 3.63) is 29.3 Å². The highest BCUT2D eigenvalue weighted by Crippen LogP contribution is 2.20. The average molecular weight is 418 g/mol. The molecule has 0 atom stereocenters. The first-order valence-electron chi connectivity index (χ1n) is 12.1. The van der Waals surface area contributed by atoms with Crippen molar-refractivity contribution in [3.8, 4) is 0 Å². The van der Waals surface area contributed by atoms with Gasteiger partial charge in [-0.15, -0.1) is 0 Å². The zero-order chi connectivity index (χ0) is 21.9. The van der Waals surface area contributed by atoms with Crippen molar-refractivity contribution in [2.24, 2.45) is 4.99 Å². The summed E-state index contributed by atoms with van der Waals surface area (Å²) in [5, 5.41) is 0. The van der Waals surface area contributed by atoms with Gasteiger partial charge in [-0.2, -0.15) is 4.99 Å². The fourth-order valence-corrected chi connectivity index (χ4v) is 3.62. The number of aliphatic imine (C=N–C) groups is 1. The first kappa shape index (κ1) is 26.2.